The molecule has 0 N–H and O–H groups in total. The lowest BCUT2D eigenvalue weighted by atomic mass is 10.2. The second-order valence-corrected chi connectivity index (χ2v) is 9.15. The lowest BCUT2D eigenvalue weighted by molar-refractivity contribution is 0.174. The molecule has 2 aromatic heterocycles. The smallest absolute Gasteiger partial charge is 0.231 e. The highest BCUT2D eigenvalue weighted by molar-refractivity contribution is 7.98. The number of thiazole rings is 1. The molecule has 7 nitrogen and oxygen atoms in total. The topological polar surface area (TPSA) is 71.3 Å². The van der Waals surface area contributed by atoms with Crippen LogP contribution < -0.4 is 14.2 Å². The number of rotatable bonds is 9. The van der Waals surface area contributed by atoms with E-state index >= 15 is 0 Å². The van der Waals surface area contributed by atoms with Gasteiger partial charge in [0.05, 0.1) is 5.69 Å². The van der Waals surface area contributed by atoms with Gasteiger partial charge >= 0.3 is 0 Å². The Balaban J connectivity index is 1.26. The monoisotopic (exact) mass is 478 g/mol. The Kier molecular flexibility index (Phi) is 6.32. The number of aromatic nitrogens is 4. The number of hydrogen-bond acceptors (Lipinski definition) is 8. The largest absolute Gasteiger partial charge is 0.485 e. The molecule has 168 valence electrons. The van der Waals surface area contributed by atoms with Gasteiger partial charge in [-0.1, -0.05) is 36.0 Å². The molecule has 0 atom stereocenters. The molecule has 0 aliphatic carbocycles. The number of benzene rings is 2. The normalized spacial score (nSPS) is 12.2. The predicted molar refractivity (Wildman–Crippen MR) is 129 cm³/mol. The third-order valence-corrected chi connectivity index (χ3v) is 7.02. The van der Waals surface area contributed by atoms with E-state index < -0.39 is 0 Å². The van der Waals surface area contributed by atoms with Crippen LogP contribution in [0.4, 0.5) is 0 Å². The summed E-state index contributed by atoms with van der Waals surface area (Å²) in [5.74, 6) is 3.83. The number of fused-ring (bicyclic) bond motifs is 1. The predicted octanol–water partition coefficient (Wildman–Crippen LogP) is 5.50. The van der Waals surface area contributed by atoms with Crippen LogP contribution in [-0.2, 0) is 18.9 Å². The molecule has 1 aliphatic rings. The van der Waals surface area contributed by atoms with Crippen molar-refractivity contribution >= 4 is 23.1 Å². The number of aryl methyl sites for hydroxylation is 1. The second-order valence-electron chi connectivity index (χ2n) is 7.35. The number of ether oxygens (including phenoxy) is 3. The first-order valence-corrected chi connectivity index (χ1v) is 12.3. The van der Waals surface area contributed by atoms with Gasteiger partial charge in [-0.3, -0.25) is 4.57 Å². The minimum atomic E-state index is 0.266. The third kappa shape index (κ3) is 4.74. The summed E-state index contributed by atoms with van der Waals surface area (Å²) in [4.78, 5) is 4.79. The quantitative estimate of drug-likeness (QED) is 0.232. The van der Waals surface area contributed by atoms with E-state index in [9.17, 15) is 0 Å². The molecule has 0 spiro atoms. The molecular formula is C24H22N4O3S2. The van der Waals surface area contributed by atoms with Gasteiger partial charge < -0.3 is 14.2 Å². The number of hydrogen-bond donors (Lipinski definition) is 0. The highest BCUT2D eigenvalue weighted by Crippen LogP contribution is 2.37. The summed E-state index contributed by atoms with van der Waals surface area (Å²) in [6, 6.07) is 13.8. The van der Waals surface area contributed by atoms with Crippen molar-refractivity contribution in [1.82, 2.24) is 19.7 Å². The van der Waals surface area contributed by atoms with E-state index in [0.29, 0.717) is 18.9 Å². The first-order valence-electron chi connectivity index (χ1n) is 10.4. The lowest BCUT2D eigenvalue weighted by Crippen LogP contribution is -2.08. The summed E-state index contributed by atoms with van der Waals surface area (Å²) >= 11 is 3.21. The van der Waals surface area contributed by atoms with Crippen LogP contribution in [0.1, 0.15) is 17.1 Å². The molecule has 0 unspecified atom stereocenters. The average molecular weight is 479 g/mol. The first-order chi connectivity index (χ1) is 16.2. The fourth-order valence-electron chi connectivity index (χ4n) is 3.38. The summed E-state index contributed by atoms with van der Waals surface area (Å²) in [6.45, 7) is 7.12. The van der Waals surface area contributed by atoms with E-state index in [1.165, 1.54) is 0 Å². The Bertz CT molecular complexity index is 1280. The van der Waals surface area contributed by atoms with Crippen LogP contribution >= 0.6 is 23.1 Å². The zero-order chi connectivity index (χ0) is 22.6. The molecule has 5 rings (SSSR count). The number of allylic oxidation sites excluding steroid dienone is 1. The van der Waals surface area contributed by atoms with Crippen molar-refractivity contribution in [3.8, 4) is 27.8 Å². The number of para-hydroxylation sites is 1. The van der Waals surface area contributed by atoms with Gasteiger partial charge in [0.1, 0.15) is 17.4 Å². The van der Waals surface area contributed by atoms with Crippen LogP contribution in [0, 0.1) is 6.92 Å². The molecule has 2 aromatic carbocycles. The SMILES string of the molecule is C=CCn1c(COc2ccccc2C)nnc1SCc1csc(-c2ccc3c(c2)OCO3)n1. The van der Waals surface area contributed by atoms with E-state index in [4.69, 9.17) is 19.2 Å². The van der Waals surface area contributed by atoms with Gasteiger partial charge in [-0.2, -0.15) is 0 Å². The first kappa shape index (κ1) is 21.5. The van der Waals surface area contributed by atoms with Gasteiger partial charge in [0.15, 0.2) is 22.5 Å². The van der Waals surface area contributed by atoms with E-state index in [1.807, 2.05) is 60.0 Å². The molecule has 0 fully saturated rings. The summed E-state index contributed by atoms with van der Waals surface area (Å²) in [6.07, 6.45) is 1.84. The number of nitrogens with zero attached hydrogens (tertiary/aromatic N) is 4. The molecule has 3 heterocycles. The van der Waals surface area contributed by atoms with E-state index in [1.54, 1.807) is 23.1 Å². The van der Waals surface area contributed by atoms with Crippen LogP contribution in [0.25, 0.3) is 10.6 Å². The summed E-state index contributed by atoms with van der Waals surface area (Å²) < 4.78 is 18.9. The number of thioether (sulfide) groups is 1. The zero-order valence-corrected chi connectivity index (χ0v) is 19.7. The van der Waals surface area contributed by atoms with E-state index in [2.05, 4.69) is 22.2 Å². The molecule has 0 bridgehead atoms. The molecule has 0 radical (unpaired) electrons. The Labute approximate surface area is 200 Å². The minimum absolute atomic E-state index is 0.266. The fourth-order valence-corrected chi connectivity index (χ4v) is 5.16. The summed E-state index contributed by atoms with van der Waals surface area (Å²) in [5, 5.41) is 12.6. The maximum Gasteiger partial charge on any atom is 0.231 e. The van der Waals surface area contributed by atoms with Crippen molar-refractivity contribution < 1.29 is 14.2 Å². The van der Waals surface area contributed by atoms with Crippen molar-refractivity contribution in [2.75, 3.05) is 6.79 Å². The van der Waals surface area contributed by atoms with Crippen molar-refractivity contribution in [2.45, 2.75) is 31.0 Å². The van der Waals surface area contributed by atoms with Gasteiger partial charge in [-0.15, -0.1) is 28.1 Å². The van der Waals surface area contributed by atoms with Gasteiger partial charge in [-0.05, 0) is 36.8 Å². The Hall–Kier alpha value is -3.30. The maximum atomic E-state index is 5.97. The van der Waals surface area contributed by atoms with Crippen LogP contribution in [0.15, 0.2) is 65.7 Å². The van der Waals surface area contributed by atoms with Crippen LogP contribution in [0.2, 0.25) is 0 Å². The molecule has 33 heavy (non-hydrogen) atoms. The highest BCUT2D eigenvalue weighted by atomic mass is 32.2. The standard InChI is InChI=1S/C24H22N4O3S2/c1-3-10-28-22(12-29-19-7-5-4-6-16(19)2)26-27-24(28)33-14-18-13-32-23(25-18)17-8-9-20-21(11-17)31-15-30-20/h3-9,11,13H,1,10,12,14-15H2,2H3. The van der Waals surface area contributed by atoms with Crippen molar-refractivity contribution in [3.05, 3.63) is 77.6 Å². The molecule has 0 saturated heterocycles. The third-order valence-electron chi connectivity index (χ3n) is 5.08. The Morgan fingerprint density at radius 2 is 2.06 bits per heavy atom. The molecule has 9 heteroatoms. The zero-order valence-electron chi connectivity index (χ0n) is 18.1. The van der Waals surface area contributed by atoms with Gasteiger partial charge in [0.2, 0.25) is 6.79 Å². The molecule has 1 aliphatic heterocycles. The highest BCUT2D eigenvalue weighted by Gasteiger charge is 2.17. The second kappa shape index (κ2) is 9.68. The van der Waals surface area contributed by atoms with E-state index in [-0.39, 0.29) is 6.79 Å². The van der Waals surface area contributed by atoms with Crippen LogP contribution in [0.5, 0.6) is 17.2 Å². The minimum Gasteiger partial charge on any atom is -0.485 e. The Morgan fingerprint density at radius 3 is 2.94 bits per heavy atom. The summed E-state index contributed by atoms with van der Waals surface area (Å²) in [7, 11) is 0. The lowest BCUT2D eigenvalue weighted by Gasteiger charge is -2.10. The average Bonchev–Trinajstić information content (AvgIpc) is 3.57. The molecule has 0 amide bonds. The van der Waals surface area contributed by atoms with Gasteiger partial charge in [0.25, 0.3) is 0 Å². The van der Waals surface area contributed by atoms with Crippen molar-refractivity contribution in [1.29, 1.82) is 0 Å². The van der Waals surface area contributed by atoms with E-state index in [0.717, 1.165) is 50.1 Å². The van der Waals surface area contributed by atoms with Crippen molar-refractivity contribution in [2.24, 2.45) is 0 Å². The molecule has 4 aromatic rings. The summed E-state index contributed by atoms with van der Waals surface area (Å²) in [5.41, 5.74) is 3.10. The fraction of sp³-hybridized carbons (Fsp3) is 0.208. The Morgan fingerprint density at radius 1 is 1.18 bits per heavy atom. The molecule has 0 saturated carbocycles. The van der Waals surface area contributed by atoms with Crippen LogP contribution in [0.3, 0.4) is 0 Å². The molecular weight excluding hydrogens is 456 g/mol. The maximum absolute atomic E-state index is 5.97. The van der Waals surface area contributed by atoms with Gasteiger partial charge in [-0.25, -0.2) is 4.98 Å². The van der Waals surface area contributed by atoms with Gasteiger partial charge in [0, 0.05) is 23.2 Å². The van der Waals surface area contributed by atoms with Crippen LogP contribution in [-0.4, -0.2) is 26.5 Å². The van der Waals surface area contributed by atoms with Crippen molar-refractivity contribution in [3.63, 3.8) is 0 Å².